The first-order valence-corrected chi connectivity index (χ1v) is 11.1. The van der Waals surface area contributed by atoms with Crippen molar-refractivity contribution in [3.05, 3.63) is 63.9 Å². The zero-order chi connectivity index (χ0) is 20.8. The van der Waals surface area contributed by atoms with Gasteiger partial charge in [-0.05, 0) is 50.5 Å². The van der Waals surface area contributed by atoms with Crippen molar-refractivity contribution in [1.82, 2.24) is 19.2 Å². The number of nitrogens with zero attached hydrogens (tertiary/aromatic N) is 4. The Labute approximate surface area is 177 Å². The molecular weight excluding hydrogens is 396 g/mol. The molecule has 5 rings (SSSR count). The molecule has 1 aliphatic carbocycles. The van der Waals surface area contributed by atoms with Gasteiger partial charge in [-0.2, -0.15) is 0 Å². The Kier molecular flexibility index (Phi) is 4.70. The highest BCUT2D eigenvalue weighted by Gasteiger charge is 2.27. The number of ketones is 1. The van der Waals surface area contributed by atoms with Gasteiger partial charge in [0.15, 0.2) is 5.16 Å². The molecule has 0 bridgehead atoms. The van der Waals surface area contributed by atoms with Gasteiger partial charge >= 0.3 is 0 Å². The second kappa shape index (κ2) is 7.40. The minimum Gasteiger partial charge on any atom is -0.298 e. The van der Waals surface area contributed by atoms with E-state index in [2.05, 4.69) is 16.3 Å². The third-order valence-corrected chi connectivity index (χ3v) is 6.99. The predicted molar refractivity (Wildman–Crippen MR) is 119 cm³/mol. The molecule has 1 unspecified atom stereocenters. The Hall–Kier alpha value is -2.93. The fraction of sp³-hybridized carbons (Fsp3) is 0.304. The maximum atomic E-state index is 13.5. The van der Waals surface area contributed by atoms with Crippen LogP contribution in [0.15, 0.2) is 52.4 Å². The molecule has 1 aliphatic rings. The Morgan fingerprint density at radius 2 is 1.87 bits per heavy atom. The maximum Gasteiger partial charge on any atom is 0.267 e. The van der Waals surface area contributed by atoms with Gasteiger partial charge in [-0.25, -0.2) is 4.57 Å². The first-order valence-electron chi connectivity index (χ1n) is 10.2. The third-order valence-electron chi connectivity index (χ3n) is 5.73. The van der Waals surface area contributed by atoms with E-state index in [9.17, 15) is 9.59 Å². The summed E-state index contributed by atoms with van der Waals surface area (Å²) in [7, 11) is 0. The summed E-state index contributed by atoms with van der Waals surface area (Å²) in [6.45, 7) is 4.02. The van der Waals surface area contributed by atoms with Crippen LogP contribution in [0, 0.1) is 13.8 Å². The number of rotatable bonds is 3. The van der Waals surface area contributed by atoms with Gasteiger partial charge < -0.3 is 0 Å². The van der Waals surface area contributed by atoms with Gasteiger partial charge in [-0.1, -0.05) is 48.0 Å². The Balaban J connectivity index is 1.79. The molecule has 2 aromatic carbocycles. The third kappa shape index (κ3) is 3.04. The molecule has 152 valence electrons. The van der Waals surface area contributed by atoms with Crippen molar-refractivity contribution in [1.29, 1.82) is 0 Å². The van der Waals surface area contributed by atoms with E-state index in [0.29, 0.717) is 22.7 Å². The molecule has 0 spiro atoms. The number of Topliss-reactive ketones (excluding diaryl/α,β-unsaturated/α-hetero) is 1. The van der Waals surface area contributed by atoms with Crippen molar-refractivity contribution in [2.75, 3.05) is 0 Å². The molecule has 1 atom stereocenters. The van der Waals surface area contributed by atoms with Gasteiger partial charge in [0.2, 0.25) is 5.78 Å². The maximum absolute atomic E-state index is 13.5. The van der Waals surface area contributed by atoms with Crippen LogP contribution in [0.4, 0.5) is 0 Å². The molecule has 7 heteroatoms. The first-order chi connectivity index (χ1) is 14.5. The number of aromatic nitrogens is 4. The lowest BCUT2D eigenvalue weighted by Crippen LogP contribution is -2.23. The van der Waals surface area contributed by atoms with Crippen LogP contribution in [0.2, 0.25) is 0 Å². The van der Waals surface area contributed by atoms with Crippen molar-refractivity contribution in [3.8, 4) is 5.69 Å². The van der Waals surface area contributed by atoms with Gasteiger partial charge in [0.05, 0.1) is 21.8 Å². The second-order valence-corrected chi connectivity index (χ2v) is 9.05. The highest BCUT2D eigenvalue weighted by Crippen LogP contribution is 2.32. The summed E-state index contributed by atoms with van der Waals surface area (Å²) < 4.78 is 3.56. The Morgan fingerprint density at radius 3 is 2.67 bits per heavy atom. The molecule has 1 fully saturated rings. The summed E-state index contributed by atoms with van der Waals surface area (Å²) in [6, 6.07) is 13.5. The van der Waals surface area contributed by atoms with Gasteiger partial charge in [0.1, 0.15) is 5.78 Å². The van der Waals surface area contributed by atoms with Gasteiger partial charge in [-0.15, -0.1) is 10.2 Å². The van der Waals surface area contributed by atoms with E-state index in [-0.39, 0.29) is 16.6 Å². The minimum atomic E-state index is -0.122. The van der Waals surface area contributed by atoms with Crippen molar-refractivity contribution in [3.63, 3.8) is 0 Å². The van der Waals surface area contributed by atoms with Crippen LogP contribution < -0.4 is 5.56 Å². The molecular formula is C23H22N4O2S. The zero-order valence-electron chi connectivity index (χ0n) is 17.0. The molecule has 2 aromatic heterocycles. The van der Waals surface area contributed by atoms with Crippen LogP contribution in [0.25, 0.3) is 22.4 Å². The lowest BCUT2D eigenvalue weighted by atomic mass is 9.99. The topological polar surface area (TPSA) is 69.3 Å². The zero-order valence-corrected chi connectivity index (χ0v) is 17.8. The first kappa shape index (κ1) is 19.1. The van der Waals surface area contributed by atoms with E-state index in [1.165, 1.54) is 11.8 Å². The number of aryl methyl sites for hydroxylation is 2. The van der Waals surface area contributed by atoms with Gasteiger partial charge in [-0.3, -0.25) is 14.0 Å². The van der Waals surface area contributed by atoms with Crippen LogP contribution in [-0.4, -0.2) is 30.2 Å². The summed E-state index contributed by atoms with van der Waals surface area (Å²) >= 11 is 1.46. The number of fused-ring (bicyclic) bond motifs is 3. The van der Waals surface area contributed by atoms with Gasteiger partial charge in [0.25, 0.3) is 5.56 Å². The summed E-state index contributed by atoms with van der Waals surface area (Å²) in [5, 5.41) is 9.96. The smallest absolute Gasteiger partial charge is 0.267 e. The number of hydrogen-bond donors (Lipinski definition) is 0. The standard InChI is InChI=1S/C23H22N4O2S/c1-14-11-12-17(15(2)13-14)26-21(29)16-7-3-4-8-18(16)27-22(26)24-25-23(27)30-20-10-6-5-9-19(20)28/h3-4,7-8,11-13,20H,5-6,9-10H2,1-2H3. The Bertz CT molecular complexity index is 1350. The lowest BCUT2D eigenvalue weighted by Gasteiger charge is -2.19. The summed E-state index contributed by atoms with van der Waals surface area (Å²) in [4.78, 5) is 25.9. The summed E-state index contributed by atoms with van der Waals surface area (Å²) in [6.07, 6.45) is 3.50. The summed E-state index contributed by atoms with van der Waals surface area (Å²) in [5.74, 6) is 0.742. The Morgan fingerprint density at radius 1 is 1.03 bits per heavy atom. The molecule has 1 saturated carbocycles. The molecule has 6 nitrogen and oxygen atoms in total. The molecule has 0 N–H and O–H groups in total. The number of carbonyl (C=O) groups is 1. The van der Waals surface area contributed by atoms with Crippen molar-refractivity contribution < 1.29 is 4.79 Å². The van der Waals surface area contributed by atoms with Crippen LogP contribution >= 0.6 is 11.8 Å². The van der Waals surface area contributed by atoms with E-state index < -0.39 is 0 Å². The molecule has 0 amide bonds. The van der Waals surface area contributed by atoms with Crippen LogP contribution in [-0.2, 0) is 4.79 Å². The van der Waals surface area contributed by atoms with E-state index in [1.54, 1.807) is 4.57 Å². The SMILES string of the molecule is Cc1ccc(-n2c(=O)c3ccccc3n3c(SC4CCCCC4=O)nnc23)c(C)c1. The van der Waals surface area contributed by atoms with E-state index in [4.69, 9.17) is 0 Å². The number of hydrogen-bond acceptors (Lipinski definition) is 5. The number of thioether (sulfide) groups is 1. The minimum absolute atomic E-state index is 0.105. The summed E-state index contributed by atoms with van der Waals surface area (Å²) in [5.41, 5.74) is 3.56. The van der Waals surface area contributed by atoms with E-state index in [1.807, 2.05) is 54.6 Å². The number of carbonyl (C=O) groups excluding carboxylic acids is 1. The lowest BCUT2D eigenvalue weighted by molar-refractivity contribution is -0.119. The van der Waals surface area contributed by atoms with E-state index >= 15 is 0 Å². The fourth-order valence-electron chi connectivity index (χ4n) is 4.23. The van der Waals surface area contributed by atoms with Gasteiger partial charge in [0, 0.05) is 6.42 Å². The largest absolute Gasteiger partial charge is 0.298 e. The molecule has 0 radical (unpaired) electrons. The number of para-hydroxylation sites is 1. The molecule has 4 aromatic rings. The quantitative estimate of drug-likeness (QED) is 0.497. The number of benzene rings is 2. The average Bonchev–Trinajstić information content (AvgIpc) is 3.15. The average molecular weight is 419 g/mol. The van der Waals surface area contributed by atoms with Crippen LogP contribution in [0.1, 0.15) is 36.8 Å². The van der Waals surface area contributed by atoms with Crippen molar-refractivity contribution in [2.24, 2.45) is 0 Å². The van der Waals surface area contributed by atoms with Crippen LogP contribution in [0.5, 0.6) is 0 Å². The van der Waals surface area contributed by atoms with Crippen LogP contribution in [0.3, 0.4) is 0 Å². The monoisotopic (exact) mass is 418 g/mol. The molecule has 0 saturated heterocycles. The molecule has 2 heterocycles. The highest BCUT2D eigenvalue weighted by atomic mass is 32.2. The van der Waals surface area contributed by atoms with Crippen molar-refractivity contribution in [2.45, 2.75) is 49.9 Å². The second-order valence-electron chi connectivity index (χ2n) is 7.88. The van der Waals surface area contributed by atoms with Crippen molar-refractivity contribution >= 4 is 34.2 Å². The van der Waals surface area contributed by atoms with E-state index in [0.717, 1.165) is 41.6 Å². The normalized spacial score (nSPS) is 17.1. The fourth-order valence-corrected chi connectivity index (χ4v) is 5.39. The predicted octanol–water partition coefficient (Wildman–Crippen LogP) is 4.25. The molecule has 30 heavy (non-hydrogen) atoms. The highest BCUT2D eigenvalue weighted by molar-refractivity contribution is 8.00. The molecule has 0 aliphatic heterocycles.